The second-order valence-electron chi connectivity index (χ2n) is 4.33. The molecule has 1 aromatic rings. The maximum absolute atomic E-state index is 12.1. The molecule has 0 radical (unpaired) electrons. The molecule has 0 bridgehead atoms. The lowest BCUT2D eigenvalue weighted by Crippen LogP contribution is -2.52. The fourth-order valence-corrected chi connectivity index (χ4v) is 2.92. The van der Waals surface area contributed by atoms with Crippen LogP contribution < -0.4 is 5.32 Å². The van der Waals surface area contributed by atoms with Crippen molar-refractivity contribution in [2.45, 2.75) is 26.3 Å². The van der Waals surface area contributed by atoms with Crippen molar-refractivity contribution in [3.05, 3.63) is 21.9 Å². The molecule has 16 heavy (non-hydrogen) atoms. The van der Waals surface area contributed by atoms with Crippen molar-refractivity contribution in [1.29, 1.82) is 0 Å². The van der Waals surface area contributed by atoms with Crippen LogP contribution in [0.15, 0.2) is 12.1 Å². The van der Waals surface area contributed by atoms with E-state index < -0.39 is 0 Å². The quantitative estimate of drug-likeness (QED) is 0.845. The van der Waals surface area contributed by atoms with Gasteiger partial charge >= 0.3 is 0 Å². The normalized spacial score (nSPS) is 21.1. The number of hydrogen-bond acceptors (Lipinski definition) is 3. The molecule has 1 fully saturated rings. The molecular weight excluding hydrogens is 220 g/mol. The third kappa shape index (κ3) is 2.62. The lowest BCUT2D eigenvalue weighted by Gasteiger charge is -2.34. The molecule has 2 rings (SSSR count). The summed E-state index contributed by atoms with van der Waals surface area (Å²) in [6, 6.07) is 4.46. The van der Waals surface area contributed by atoms with Crippen molar-refractivity contribution in [3.63, 3.8) is 0 Å². The van der Waals surface area contributed by atoms with Gasteiger partial charge in [-0.05, 0) is 26.0 Å². The largest absolute Gasteiger partial charge is 0.337 e. The van der Waals surface area contributed by atoms with Crippen LogP contribution in [0.1, 0.15) is 16.7 Å². The molecule has 1 aromatic heterocycles. The van der Waals surface area contributed by atoms with E-state index in [4.69, 9.17) is 0 Å². The van der Waals surface area contributed by atoms with Gasteiger partial charge in [0.1, 0.15) is 0 Å². The summed E-state index contributed by atoms with van der Waals surface area (Å²) in [6.45, 7) is 6.84. The number of carbonyl (C=O) groups excluding carboxylic acids is 1. The Balaban J connectivity index is 1.96. The number of carbonyl (C=O) groups is 1. The summed E-state index contributed by atoms with van der Waals surface area (Å²) in [5.41, 5.74) is 0. The van der Waals surface area contributed by atoms with E-state index in [2.05, 4.69) is 31.3 Å². The molecule has 4 heteroatoms. The van der Waals surface area contributed by atoms with Crippen LogP contribution >= 0.6 is 11.3 Å². The fraction of sp³-hybridized carbons (Fsp3) is 0.583. The molecule has 1 saturated heterocycles. The van der Waals surface area contributed by atoms with E-state index in [1.807, 2.05) is 4.90 Å². The average Bonchev–Trinajstić information content (AvgIpc) is 2.64. The maximum Gasteiger partial charge on any atom is 0.228 e. The van der Waals surface area contributed by atoms with Gasteiger partial charge in [0, 0.05) is 35.4 Å². The van der Waals surface area contributed by atoms with Gasteiger partial charge in [-0.25, -0.2) is 0 Å². The zero-order chi connectivity index (χ0) is 11.5. The van der Waals surface area contributed by atoms with Gasteiger partial charge in [0.25, 0.3) is 0 Å². The zero-order valence-electron chi connectivity index (χ0n) is 9.82. The van der Waals surface area contributed by atoms with Crippen LogP contribution in [-0.2, 0) is 11.2 Å². The summed E-state index contributed by atoms with van der Waals surface area (Å²) < 4.78 is 0. The lowest BCUT2D eigenvalue weighted by molar-refractivity contribution is -0.133. The Kier molecular flexibility index (Phi) is 3.61. The van der Waals surface area contributed by atoms with Gasteiger partial charge < -0.3 is 10.2 Å². The smallest absolute Gasteiger partial charge is 0.228 e. The van der Waals surface area contributed by atoms with Crippen LogP contribution in [0.25, 0.3) is 0 Å². The summed E-state index contributed by atoms with van der Waals surface area (Å²) in [5.74, 6) is 0.260. The van der Waals surface area contributed by atoms with Crippen molar-refractivity contribution in [1.82, 2.24) is 10.2 Å². The molecule has 0 aliphatic carbocycles. The van der Waals surface area contributed by atoms with Gasteiger partial charge in [0.05, 0.1) is 6.42 Å². The standard InChI is InChI=1S/C12H18N2OS/c1-9-8-13-5-6-14(9)12(15)7-11-4-3-10(2)16-11/h3-4,9,13H,5-8H2,1-2H3/t9-/m1/s1. The number of rotatable bonds is 2. The molecule has 1 N–H and O–H groups in total. The minimum absolute atomic E-state index is 0.260. The summed E-state index contributed by atoms with van der Waals surface area (Å²) in [7, 11) is 0. The molecule has 0 aromatic carbocycles. The van der Waals surface area contributed by atoms with E-state index in [-0.39, 0.29) is 5.91 Å². The predicted molar refractivity (Wildman–Crippen MR) is 66.8 cm³/mol. The first kappa shape index (κ1) is 11.6. The molecule has 0 spiro atoms. The minimum Gasteiger partial charge on any atom is -0.337 e. The van der Waals surface area contributed by atoms with Gasteiger partial charge in [0.15, 0.2) is 0 Å². The Bertz CT molecular complexity index is 375. The topological polar surface area (TPSA) is 32.3 Å². The first-order valence-electron chi connectivity index (χ1n) is 5.72. The van der Waals surface area contributed by atoms with Gasteiger partial charge in [-0.15, -0.1) is 11.3 Å². The molecule has 0 saturated carbocycles. The third-order valence-electron chi connectivity index (χ3n) is 2.94. The number of hydrogen-bond donors (Lipinski definition) is 1. The van der Waals surface area contributed by atoms with E-state index in [1.165, 1.54) is 9.75 Å². The van der Waals surface area contributed by atoms with Crippen molar-refractivity contribution >= 4 is 17.2 Å². The molecule has 0 unspecified atom stereocenters. The summed E-state index contributed by atoms with van der Waals surface area (Å²) in [5, 5.41) is 3.30. The number of thiophene rings is 1. The van der Waals surface area contributed by atoms with Crippen LogP contribution in [0.2, 0.25) is 0 Å². The summed E-state index contributed by atoms with van der Waals surface area (Å²) >= 11 is 1.72. The molecular formula is C12H18N2OS. The van der Waals surface area contributed by atoms with Gasteiger partial charge in [-0.3, -0.25) is 4.79 Å². The van der Waals surface area contributed by atoms with Gasteiger partial charge in [-0.2, -0.15) is 0 Å². The Hall–Kier alpha value is -0.870. The monoisotopic (exact) mass is 238 g/mol. The number of amides is 1. The molecule has 1 atom stereocenters. The fourth-order valence-electron chi connectivity index (χ4n) is 2.04. The van der Waals surface area contributed by atoms with E-state index in [0.717, 1.165) is 19.6 Å². The van der Waals surface area contributed by atoms with Crippen molar-refractivity contribution in [2.75, 3.05) is 19.6 Å². The lowest BCUT2D eigenvalue weighted by atomic mass is 10.2. The van der Waals surface area contributed by atoms with Crippen LogP contribution in [0, 0.1) is 6.92 Å². The van der Waals surface area contributed by atoms with E-state index in [9.17, 15) is 4.79 Å². The number of nitrogens with zero attached hydrogens (tertiary/aromatic N) is 1. The highest BCUT2D eigenvalue weighted by Crippen LogP contribution is 2.17. The van der Waals surface area contributed by atoms with Crippen LogP contribution in [0.5, 0.6) is 0 Å². The maximum atomic E-state index is 12.1. The second kappa shape index (κ2) is 4.97. The molecule has 2 heterocycles. The Labute approximate surface area is 100 Å². The SMILES string of the molecule is Cc1ccc(CC(=O)N2CCNC[C@H]2C)s1. The second-order valence-corrected chi connectivity index (χ2v) is 5.70. The number of aryl methyl sites for hydroxylation is 1. The molecule has 1 aliphatic rings. The highest BCUT2D eigenvalue weighted by atomic mass is 32.1. The van der Waals surface area contributed by atoms with Crippen LogP contribution in [0.4, 0.5) is 0 Å². The molecule has 88 valence electrons. The predicted octanol–water partition coefficient (Wildman–Crippen LogP) is 1.42. The summed E-state index contributed by atoms with van der Waals surface area (Å²) in [4.78, 5) is 16.5. The van der Waals surface area contributed by atoms with E-state index in [0.29, 0.717) is 12.5 Å². The van der Waals surface area contributed by atoms with Crippen LogP contribution in [0.3, 0.4) is 0 Å². The third-order valence-corrected chi connectivity index (χ3v) is 3.94. The van der Waals surface area contributed by atoms with Crippen molar-refractivity contribution in [2.24, 2.45) is 0 Å². The average molecular weight is 238 g/mol. The molecule has 1 amide bonds. The highest BCUT2D eigenvalue weighted by Gasteiger charge is 2.22. The van der Waals surface area contributed by atoms with Gasteiger partial charge in [-0.1, -0.05) is 0 Å². The van der Waals surface area contributed by atoms with Gasteiger partial charge in [0.2, 0.25) is 5.91 Å². The highest BCUT2D eigenvalue weighted by molar-refractivity contribution is 7.12. The summed E-state index contributed by atoms with van der Waals surface area (Å²) in [6.07, 6.45) is 0.558. The zero-order valence-corrected chi connectivity index (χ0v) is 10.6. The molecule has 3 nitrogen and oxygen atoms in total. The Morgan fingerprint density at radius 1 is 1.62 bits per heavy atom. The first-order valence-corrected chi connectivity index (χ1v) is 6.54. The Morgan fingerprint density at radius 3 is 3.06 bits per heavy atom. The Morgan fingerprint density at radius 2 is 2.44 bits per heavy atom. The van der Waals surface area contributed by atoms with E-state index >= 15 is 0 Å². The van der Waals surface area contributed by atoms with Crippen molar-refractivity contribution in [3.8, 4) is 0 Å². The first-order chi connectivity index (χ1) is 7.66. The van der Waals surface area contributed by atoms with Crippen molar-refractivity contribution < 1.29 is 4.79 Å². The van der Waals surface area contributed by atoms with E-state index in [1.54, 1.807) is 11.3 Å². The minimum atomic E-state index is 0.260. The number of piperazine rings is 1. The van der Waals surface area contributed by atoms with Crippen LogP contribution in [-0.4, -0.2) is 36.5 Å². The number of nitrogens with one attached hydrogen (secondary N) is 1. The molecule has 1 aliphatic heterocycles.